The minimum atomic E-state index is -3.85. The van der Waals surface area contributed by atoms with Crippen LogP contribution in [0.15, 0.2) is 53.0 Å². The smallest absolute Gasteiger partial charge is 0.245 e. The van der Waals surface area contributed by atoms with Crippen molar-refractivity contribution in [3.8, 4) is 0 Å². The Labute approximate surface area is 209 Å². The van der Waals surface area contributed by atoms with E-state index in [0.29, 0.717) is 17.8 Å². The number of nitrogens with two attached hydrogens (primary N) is 1. The van der Waals surface area contributed by atoms with Crippen LogP contribution in [-0.4, -0.2) is 76.7 Å². The van der Waals surface area contributed by atoms with E-state index < -0.39 is 37.7 Å². The van der Waals surface area contributed by atoms with Gasteiger partial charge in [0.2, 0.25) is 26.0 Å². The van der Waals surface area contributed by atoms with Crippen molar-refractivity contribution in [2.45, 2.75) is 19.0 Å². The lowest BCUT2D eigenvalue weighted by Crippen LogP contribution is -2.51. The van der Waals surface area contributed by atoms with Crippen LogP contribution in [0.2, 0.25) is 0 Å². The summed E-state index contributed by atoms with van der Waals surface area (Å²) in [5, 5.41) is 5.22. The second-order valence-corrected chi connectivity index (χ2v) is 13.2. The first-order chi connectivity index (χ1) is 15.9. The van der Waals surface area contributed by atoms with E-state index >= 15 is 0 Å². The van der Waals surface area contributed by atoms with Crippen molar-refractivity contribution in [2.75, 3.05) is 43.6 Å². The molecule has 2 aromatic rings. The maximum Gasteiger partial charge on any atom is 0.245 e. The number of fused-ring (bicyclic) bond motifs is 1. The van der Waals surface area contributed by atoms with E-state index in [1.54, 1.807) is 37.2 Å². The van der Waals surface area contributed by atoms with E-state index in [4.69, 9.17) is 5.14 Å². The zero-order valence-corrected chi connectivity index (χ0v) is 22.3. The van der Waals surface area contributed by atoms with Crippen LogP contribution in [0.3, 0.4) is 0 Å². The molecule has 1 amide bonds. The fourth-order valence-electron chi connectivity index (χ4n) is 3.83. The lowest BCUT2D eigenvalue weighted by atomic mass is 10.0. The number of anilines is 1. The van der Waals surface area contributed by atoms with E-state index in [2.05, 4.69) is 15.9 Å². The summed E-state index contributed by atoms with van der Waals surface area (Å²) in [7, 11) is -4.12. The standard InChI is InChI=1S/C22H29BrN4O5S2/c1-25(2)10-13-34(31,32)27-16-18-15-19(23)8-9-20(18)26(11-12-33(24,29)30)22(28)21(27)14-17-6-4-3-5-7-17/h3-9,15,21H,10-14,16H2,1-2H3,(H2,24,29,30)/t21-/m1/s1. The minimum absolute atomic E-state index is 0.0142. The lowest BCUT2D eigenvalue weighted by molar-refractivity contribution is -0.122. The highest BCUT2D eigenvalue weighted by molar-refractivity contribution is 9.10. The van der Waals surface area contributed by atoms with Crippen LogP contribution in [0.25, 0.3) is 0 Å². The van der Waals surface area contributed by atoms with E-state index in [0.717, 1.165) is 10.0 Å². The molecule has 1 aliphatic heterocycles. The molecule has 0 aromatic heterocycles. The molecule has 0 spiro atoms. The van der Waals surface area contributed by atoms with Crippen molar-refractivity contribution < 1.29 is 21.6 Å². The molecule has 0 unspecified atom stereocenters. The summed E-state index contributed by atoms with van der Waals surface area (Å²) < 4.78 is 52.4. The van der Waals surface area contributed by atoms with Gasteiger partial charge < -0.3 is 9.80 Å². The number of carbonyl (C=O) groups is 1. The molecule has 1 atom stereocenters. The number of rotatable bonds is 9. The minimum Gasteiger partial charge on any atom is -0.310 e. The summed E-state index contributed by atoms with van der Waals surface area (Å²) in [6, 6.07) is 13.3. The predicted octanol–water partition coefficient (Wildman–Crippen LogP) is 1.39. The first-order valence-electron chi connectivity index (χ1n) is 10.7. The Hall–Kier alpha value is -1.83. The van der Waals surface area contributed by atoms with Crippen LogP contribution in [0.4, 0.5) is 5.69 Å². The Morgan fingerprint density at radius 1 is 1.06 bits per heavy atom. The van der Waals surface area contributed by atoms with Gasteiger partial charge in [-0.1, -0.05) is 46.3 Å². The van der Waals surface area contributed by atoms with Gasteiger partial charge in [-0.2, -0.15) is 4.31 Å². The lowest BCUT2D eigenvalue weighted by Gasteiger charge is -2.30. The van der Waals surface area contributed by atoms with Gasteiger partial charge in [0.1, 0.15) is 6.04 Å². The fraction of sp³-hybridized carbons (Fsp3) is 0.409. The molecule has 186 valence electrons. The summed E-state index contributed by atoms with van der Waals surface area (Å²) in [4.78, 5) is 17.0. The molecule has 12 heteroatoms. The zero-order valence-electron chi connectivity index (χ0n) is 19.1. The van der Waals surface area contributed by atoms with Crippen LogP contribution in [0, 0.1) is 0 Å². The second kappa shape index (κ2) is 10.8. The molecule has 0 bridgehead atoms. The van der Waals surface area contributed by atoms with Gasteiger partial charge in [-0.25, -0.2) is 22.0 Å². The molecular formula is C22H29BrN4O5S2. The van der Waals surface area contributed by atoms with Crippen molar-refractivity contribution in [2.24, 2.45) is 5.14 Å². The number of amides is 1. The van der Waals surface area contributed by atoms with E-state index in [1.807, 2.05) is 30.3 Å². The van der Waals surface area contributed by atoms with Gasteiger partial charge in [0.15, 0.2) is 0 Å². The molecule has 34 heavy (non-hydrogen) atoms. The Kier molecular flexibility index (Phi) is 8.53. The molecule has 1 aliphatic rings. The predicted molar refractivity (Wildman–Crippen MR) is 136 cm³/mol. The maximum absolute atomic E-state index is 13.9. The van der Waals surface area contributed by atoms with Gasteiger partial charge >= 0.3 is 0 Å². The number of nitrogens with zero attached hydrogens (tertiary/aromatic N) is 3. The normalized spacial score (nSPS) is 17.6. The number of hydrogen-bond donors (Lipinski definition) is 1. The van der Waals surface area contributed by atoms with Gasteiger partial charge in [0, 0.05) is 29.8 Å². The molecule has 0 fully saturated rings. The molecule has 2 N–H and O–H groups in total. The van der Waals surface area contributed by atoms with Crippen molar-refractivity contribution >= 4 is 47.6 Å². The molecule has 0 saturated carbocycles. The van der Waals surface area contributed by atoms with Gasteiger partial charge in [-0.3, -0.25) is 4.79 Å². The van der Waals surface area contributed by atoms with Gasteiger partial charge in [0.05, 0.1) is 11.5 Å². The first-order valence-corrected chi connectivity index (χ1v) is 14.8. The molecule has 9 nitrogen and oxygen atoms in total. The Morgan fingerprint density at radius 2 is 1.74 bits per heavy atom. The highest BCUT2D eigenvalue weighted by Crippen LogP contribution is 2.33. The SMILES string of the molecule is CN(C)CCS(=O)(=O)N1Cc2cc(Br)ccc2N(CCS(N)(=O)=O)C(=O)[C@H]1Cc1ccccc1. The van der Waals surface area contributed by atoms with Gasteiger partial charge in [0.25, 0.3) is 0 Å². The highest BCUT2D eigenvalue weighted by atomic mass is 79.9. The summed E-state index contributed by atoms with van der Waals surface area (Å²) in [6.45, 7) is 0.106. The van der Waals surface area contributed by atoms with Gasteiger partial charge in [-0.05, 0) is 49.8 Å². The van der Waals surface area contributed by atoms with E-state index in [-0.39, 0.29) is 25.3 Å². The molecule has 0 saturated heterocycles. The third-order valence-electron chi connectivity index (χ3n) is 5.58. The summed E-state index contributed by atoms with van der Waals surface area (Å²) in [5.41, 5.74) is 1.87. The van der Waals surface area contributed by atoms with Crippen LogP contribution < -0.4 is 10.0 Å². The first kappa shape index (κ1) is 26.8. The third kappa shape index (κ3) is 6.86. The highest BCUT2D eigenvalue weighted by Gasteiger charge is 2.41. The van der Waals surface area contributed by atoms with E-state index in [9.17, 15) is 21.6 Å². The molecule has 0 aliphatic carbocycles. The van der Waals surface area contributed by atoms with Crippen LogP contribution in [0.5, 0.6) is 0 Å². The van der Waals surface area contributed by atoms with E-state index in [1.165, 1.54) is 9.21 Å². The largest absolute Gasteiger partial charge is 0.310 e. The van der Waals surface area contributed by atoms with Crippen LogP contribution >= 0.6 is 15.9 Å². The Bertz CT molecular complexity index is 1240. The average Bonchev–Trinajstić information content (AvgIpc) is 2.86. The number of benzene rings is 2. The molecule has 3 rings (SSSR count). The van der Waals surface area contributed by atoms with Crippen LogP contribution in [-0.2, 0) is 37.8 Å². The third-order valence-corrected chi connectivity index (χ3v) is 8.62. The second-order valence-electron chi connectivity index (χ2n) is 8.50. The number of sulfonamides is 2. The van der Waals surface area contributed by atoms with Crippen molar-refractivity contribution in [1.82, 2.24) is 9.21 Å². The number of carbonyl (C=O) groups excluding carboxylic acids is 1. The molecular weight excluding hydrogens is 544 g/mol. The zero-order chi connectivity index (χ0) is 25.1. The average molecular weight is 574 g/mol. The van der Waals surface area contributed by atoms with Crippen molar-refractivity contribution in [3.63, 3.8) is 0 Å². The summed E-state index contributed by atoms with van der Waals surface area (Å²) in [6.07, 6.45) is 0.155. The monoisotopic (exact) mass is 572 g/mol. The fourth-order valence-corrected chi connectivity index (χ4v) is 6.39. The van der Waals surface area contributed by atoms with Crippen molar-refractivity contribution in [3.05, 3.63) is 64.1 Å². The van der Waals surface area contributed by atoms with Crippen LogP contribution in [0.1, 0.15) is 11.1 Å². The number of primary sulfonamides is 1. The quantitative estimate of drug-likeness (QED) is 0.484. The van der Waals surface area contributed by atoms with Gasteiger partial charge in [-0.15, -0.1) is 0 Å². The topological polar surface area (TPSA) is 121 Å². The number of hydrogen-bond acceptors (Lipinski definition) is 6. The molecule has 0 radical (unpaired) electrons. The summed E-state index contributed by atoms with van der Waals surface area (Å²) in [5.74, 6) is -1.08. The number of halogens is 1. The summed E-state index contributed by atoms with van der Waals surface area (Å²) >= 11 is 3.42. The molecule has 2 aromatic carbocycles. The Morgan fingerprint density at radius 3 is 2.35 bits per heavy atom. The Balaban J connectivity index is 2.12. The van der Waals surface area contributed by atoms with Crippen molar-refractivity contribution in [1.29, 1.82) is 0 Å². The maximum atomic E-state index is 13.9. The molecule has 1 heterocycles.